The van der Waals surface area contributed by atoms with Gasteiger partial charge in [0.05, 0.1) is 0 Å². The summed E-state index contributed by atoms with van der Waals surface area (Å²) in [6, 6.07) is 0. The zero-order valence-electron chi connectivity index (χ0n) is 50.8. The second kappa shape index (κ2) is 64.4. The van der Waals surface area contributed by atoms with Crippen molar-refractivity contribution in [1.82, 2.24) is 0 Å². The Morgan fingerprint density at radius 1 is 0.253 bits per heavy atom. The lowest BCUT2D eigenvalue weighted by Crippen LogP contribution is -2.30. The maximum Gasteiger partial charge on any atom is 0.306 e. The first-order chi connectivity index (χ1) is 37.0. The zero-order valence-corrected chi connectivity index (χ0v) is 50.8. The van der Waals surface area contributed by atoms with Crippen LogP contribution < -0.4 is 0 Å². The molecule has 75 heavy (non-hydrogen) atoms. The van der Waals surface area contributed by atoms with Gasteiger partial charge in [-0.05, 0) is 70.6 Å². The molecule has 0 aliphatic rings. The Kier molecular flexibility index (Phi) is 62.6. The first-order valence-corrected chi connectivity index (χ1v) is 33.8. The first kappa shape index (κ1) is 72.9. The van der Waals surface area contributed by atoms with Gasteiger partial charge in [0.2, 0.25) is 0 Å². The maximum atomic E-state index is 12.9. The van der Waals surface area contributed by atoms with E-state index in [0.717, 1.165) is 64.2 Å². The Hall–Kier alpha value is -2.11. The quantitative estimate of drug-likeness (QED) is 0.0261. The molecule has 0 aromatic heterocycles. The summed E-state index contributed by atoms with van der Waals surface area (Å²) >= 11 is 0. The van der Waals surface area contributed by atoms with E-state index in [1.807, 2.05) is 0 Å². The number of ether oxygens (including phenoxy) is 3. The molecule has 0 bridgehead atoms. The van der Waals surface area contributed by atoms with Crippen LogP contribution in [0.2, 0.25) is 0 Å². The van der Waals surface area contributed by atoms with Crippen LogP contribution in [0.4, 0.5) is 0 Å². The third kappa shape index (κ3) is 62.6. The van der Waals surface area contributed by atoms with Crippen molar-refractivity contribution in [1.29, 1.82) is 0 Å². The van der Waals surface area contributed by atoms with Gasteiger partial charge < -0.3 is 14.2 Å². The van der Waals surface area contributed by atoms with Gasteiger partial charge in [0, 0.05) is 19.3 Å². The van der Waals surface area contributed by atoms with E-state index in [-0.39, 0.29) is 31.1 Å². The number of carbonyl (C=O) groups is 3. The van der Waals surface area contributed by atoms with Crippen LogP contribution in [-0.4, -0.2) is 37.2 Å². The molecule has 0 aromatic rings. The predicted octanol–water partition coefficient (Wildman–Crippen LogP) is 23.0. The Labute approximate surface area is 468 Å². The van der Waals surface area contributed by atoms with Gasteiger partial charge in [-0.1, -0.05) is 315 Å². The topological polar surface area (TPSA) is 78.9 Å². The van der Waals surface area contributed by atoms with E-state index in [4.69, 9.17) is 14.2 Å². The molecule has 0 saturated carbocycles. The van der Waals surface area contributed by atoms with E-state index in [1.165, 1.54) is 276 Å². The zero-order chi connectivity index (χ0) is 54.3. The van der Waals surface area contributed by atoms with E-state index in [9.17, 15) is 14.4 Å². The summed E-state index contributed by atoms with van der Waals surface area (Å²) in [5, 5.41) is 0. The molecule has 0 radical (unpaired) electrons. The van der Waals surface area contributed by atoms with Crippen LogP contribution in [0.3, 0.4) is 0 Å². The summed E-state index contributed by atoms with van der Waals surface area (Å²) in [4.78, 5) is 38.4. The number of carbonyl (C=O) groups excluding carboxylic acids is 3. The van der Waals surface area contributed by atoms with E-state index < -0.39 is 6.10 Å². The lowest BCUT2D eigenvalue weighted by molar-refractivity contribution is -0.167. The standard InChI is InChI=1S/C69H130O6/c1-4-7-10-13-16-19-22-25-28-30-32-33-34-35-36-38-39-41-44-47-50-53-56-59-62-68(71)74-65-66(64-73-67(70)61-58-55-52-49-46-43-27-24-21-18-15-12-9-6-3)75-69(72)63-60-57-54-51-48-45-42-40-37-31-29-26-23-20-17-14-11-8-5-2/h24,26-27,29,66H,4-23,25,28,30-65H2,1-3H3/b27-24-,29-26-. The van der Waals surface area contributed by atoms with E-state index in [2.05, 4.69) is 45.1 Å². The molecule has 0 rings (SSSR count). The average molecular weight is 1060 g/mol. The maximum absolute atomic E-state index is 12.9. The summed E-state index contributed by atoms with van der Waals surface area (Å²) in [6.45, 7) is 6.69. The monoisotopic (exact) mass is 1050 g/mol. The van der Waals surface area contributed by atoms with Crippen molar-refractivity contribution in [3.05, 3.63) is 24.3 Å². The molecule has 0 N–H and O–H groups in total. The minimum atomic E-state index is -0.773. The molecule has 6 heteroatoms. The summed E-state index contributed by atoms with van der Waals surface area (Å²) < 4.78 is 17.0. The van der Waals surface area contributed by atoms with Crippen LogP contribution in [-0.2, 0) is 28.6 Å². The van der Waals surface area contributed by atoms with Gasteiger partial charge in [-0.2, -0.15) is 0 Å². The summed E-state index contributed by atoms with van der Waals surface area (Å²) in [5.41, 5.74) is 0. The highest BCUT2D eigenvalue weighted by Crippen LogP contribution is 2.18. The predicted molar refractivity (Wildman–Crippen MR) is 326 cm³/mol. The SMILES string of the molecule is CCCCCCC/C=C\CCCCCCCC(=O)OCC(COC(=O)CCCCCCCCCCCCCCCCCCCCCCCCCC)OC(=O)CCCCCCCCCCC/C=C\CCCCCCCC. The highest BCUT2D eigenvalue weighted by atomic mass is 16.6. The molecular weight excluding hydrogens is 925 g/mol. The van der Waals surface area contributed by atoms with Crippen molar-refractivity contribution in [2.75, 3.05) is 13.2 Å². The normalized spacial score (nSPS) is 12.1. The Bertz CT molecular complexity index is 1210. The van der Waals surface area contributed by atoms with Gasteiger partial charge in [0.1, 0.15) is 13.2 Å². The second-order valence-corrected chi connectivity index (χ2v) is 23.1. The summed E-state index contributed by atoms with van der Waals surface area (Å²) in [6.07, 6.45) is 77.7. The van der Waals surface area contributed by atoms with Crippen molar-refractivity contribution in [3.63, 3.8) is 0 Å². The molecule has 1 unspecified atom stereocenters. The third-order valence-corrected chi connectivity index (χ3v) is 15.4. The largest absolute Gasteiger partial charge is 0.462 e. The van der Waals surface area contributed by atoms with Crippen LogP contribution in [0, 0.1) is 0 Å². The number of rotatable bonds is 63. The molecule has 1 atom stereocenters. The van der Waals surface area contributed by atoms with Crippen LogP contribution in [0.5, 0.6) is 0 Å². The van der Waals surface area contributed by atoms with E-state index >= 15 is 0 Å². The first-order valence-electron chi connectivity index (χ1n) is 33.8. The molecule has 0 aliphatic heterocycles. The van der Waals surface area contributed by atoms with E-state index in [1.54, 1.807) is 0 Å². The number of hydrogen-bond donors (Lipinski definition) is 0. The molecule has 442 valence electrons. The van der Waals surface area contributed by atoms with Crippen molar-refractivity contribution in [2.45, 2.75) is 386 Å². The molecule has 0 aromatic carbocycles. The Balaban J connectivity index is 4.25. The van der Waals surface area contributed by atoms with Crippen LogP contribution in [0.1, 0.15) is 380 Å². The van der Waals surface area contributed by atoms with Gasteiger partial charge in [0.25, 0.3) is 0 Å². The molecule has 0 fully saturated rings. The fourth-order valence-electron chi connectivity index (χ4n) is 10.3. The van der Waals surface area contributed by atoms with Crippen molar-refractivity contribution in [3.8, 4) is 0 Å². The van der Waals surface area contributed by atoms with Crippen molar-refractivity contribution in [2.24, 2.45) is 0 Å². The number of unbranched alkanes of at least 4 members (excludes halogenated alkanes) is 48. The molecule has 0 amide bonds. The highest BCUT2D eigenvalue weighted by Gasteiger charge is 2.19. The molecule has 0 spiro atoms. The average Bonchev–Trinajstić information content (AvgIpc) is 3.41. The van der Waals surface area contributed by atoms with Crippen LogP contribution in [0.25, 0.3) is 0 Å². The minimum Gasteiger partial charge on any atom is -0.462 e. The van der Waals surface area contributed by atoms with E-state index in [0.29, 0.717) is 19.3 Å². The fourth-order valence-corrected chi connectivity index (χ4v) is 10.3. The smallest absolute Gasteiger partial charge is 0.306 e. The van der Waals surface area contributed by atoms with Gasteiger partial charge in [-0.15, -0.1) is 0 Å². The molecular formula is C69H130O6. The van der Waals surface area contributed by atoms with Crippen molar-refractivity contribution >= 4 is 17.9 Å². The van der Waals surface area contributed by atoms with Crippen molar-refractivity contribution < 1.29 is 28.6 Å². The number of allylic oxidation sites excluding steroid dienone is 4. The van der Waals surface area contributed by atoms with Gasteiger partial charge in [0.15, 0.2) is 6.10 Å². The molecule has 0 saturated heterocycles. The lowest BCUT2D eigenvalue weighted by atomic mass is 10.0. The Morgan fingerprint density at radius 3 is 0.667 bits per heavy atom. The fraction of sp³-hybridized carbons (Fsp3) is 0.899. The van der Waals surface area contributed by atoms with Gasteiger partial charge >= 0.3 is 17.9 Å². The van der Waals surface area contributed by atoms with Gasteiger partial charge in [-0.3, -0.25) is 14.4 Å². The number of hydrogen-bond acceptors (Lipinski definition) is 6. The number of esters is 3. The summed E-state index contributed by atoms with van der Waals surface area (Å²) in [7, 11) is 0. The molecule has 0 heterocycles. The lowest BCUT2D eigenvalue weighted by Gasteiger charge is -2.18. The molecule has 6 nitrogen and oxygen atoms in total. The highest BCUT2D eigenvalue weighted by molar-refractivity contribution is 5.71. The molecule has 0 aliphatic carbocycles. The van der Waals surface area contributed by atoms with Crippen LogP contribution >= 0.6 is 0 Å². The minimum absolute atomic E-state index is 0.0694. The second-order valence-electron chi connectivity index (χ2n) is 23.1. The Morgan fingerprint density at radius 2 is 0.440 bits per heavy atom. The van der Waals surface area contributed by atoms with Gasteiger partial charge in [-0.25, -0.2) is 0 Å². The summed E-state index contributed by atoms with van der Waals surface area (Å²) in [5.74, 6) is -0.852. The van der Waals surface area contributed by atoms with Crippen LogP contribution in [0.15, 0.2) is 24.3 Å². The third-order valence-electron chi connectivity index (χ3n) is 15.4.